The van der Waals surface area contributed by atoms with Gasteiger partial charge < -0.3 is 24.8 Å². The fourth-order valence-electron chi connectivity index (χ4n) is 3.20. The third-order valence-corrected chi connectivity index (χ3v) is 4.72. The first-order valence-corrected chi connectivity index (χ1v) is 10.1. The summed E-state index contributed by atoms with van der Waals surface area (Å²) in [5, 5.41) is 5.68. The second-order valence-corrected chi connectivity index (χ2v) is 6.95. The molecule has 8 nitrogen and oxygen atoms in total. The Bertz CT molecular complexity index is 1150. The number of amides is 2. The largest absolute Gasteiger partial charge is 0.496 e. The van der Waals surface area contributed by atoms with Crippen LogP contribution < -0.4 is 24.8 Å². The molecule has 8 heteroatoms. The Morgan fingerprint density at radius 3 is 2.15 bits per heavy atom. The van der Waals surface area contributed by atoms with E-state index in [4.69, 9.17) is 14.2 Å². The van der Waals surface area contributed by atoms with Crippen LogP contribution in [0.2, 0.25) is 0 Å². The summed E-state index contributed by atoms with van der Waals surface area (Å²) in [5.41, 5.74) is 1.84. The standard InChI is InChI=1S/C25H24N2O6/c1-16(28)33-19-10-6-9-17(14-19)24(29)27-20-11-5-4-8-18(20)15-26-25(30)23-21(31-2)12-7-13-22(23)32-3/h4-14H,15H2,1-3H3,(H,26,30)(H,27,29). The van der Waals surface area contributed by atoms with Gasteiger partial charge in [0.25, 0.3) is 11.8 Å². The average Bonchev–Trinajstić information content (AvgIpc) is 2.82. The van der Waals surface area contributed by atoms with Crippen LogP contribution in [-0.2, 0) is 11.3 Å². The molecule has 0 aromatic heterocycles. The van der Waals surface area contributed by atoms with Crippen LogP contribution in [0, 0.1) is 0 Å². The molecule has 0 unspecified atom stereocenters. The fraction of sp³-hybridized carbons (Fsp3) is 0.160. The molecular formula is C25H24N2O6. The summed E-state index contributed by atoms with van der Waals surface area (Å²) in [6.45, 7) is 1.45. The van der Waals surface area contributed by atoms with E-state index in [-0.39, 0.29) is 29.7 Å². The zero-order chi connectivity index (χ0) is 23.8. The van der Waals surface area contributed by atoms with Crippen molar-refractivity contribution in [1.29, 1.82) is 0 Å². The maximum Gasteiger partial charge on any atom is 0.308 e. The number of para-hydroxylation sites is 1. The summed E-state index contributed by atoms with van der Waals surface area (Å²) < 4.78 is 15.6. The minimum atomic E-state index is -0.472. The van der Waals surface area contributed by atoms with E-state index < -0.39 is 5.97 Å². The molecular weight excluding hydrogens is 424 g/mol. The Hall–Kier alpha value is -4.33. The maximum atomic E-state index is 12.9. The van der Waals surface area contributed by atoms with Crippen LogP contribution in [-0.4, -0.2) is 32.0 Å². The molecule has 2 N–H and O–H groups in total. The van der Waals surface area contributed by atoms with Gasteiger partial charge in [-0.25, -0.2) is 0 Å². The van der Waals surface area contributed by atoms with Gasteiger partial charge in [-0.3, -0.25) is 14.4 Å². The number of methoxy groups -OCH3 is 2. The number of carbonyl (C=O) groups is 3. The van der Waals surface area contributed by atoms with Gasteiger partial charge in [0.05, 0.1) is 14.2 Å². The first kappa shape index (κ1) is 23.3. The minimum Gasteiger partial charge on any atom is -0.496 e. The first-order chi connectivity index (χ1) is 15.9. The van der Waals surface area contributed by atoms with Crippen molar-refractivity contribution in [1.82, 2.24) is 5.32 Å². The van der Waals surface area contributed by atoms with Gasteiger partial charge in [-0.05, 0) is 42.0 Å². The predicted molar refractivity (Wildman–Crippen MR) is 123 cm³/mol. The van der Waals surface area contributed by atoms with Gasteiger partial charge in [0.1, 0.15) is 22.8 Å². The Kier molecular flexibility index (Phi) is 7.64. The number of benzene rings is 3. The summed E-state index contributed by atoms with van der Waals surface area (Å²) >= 11 is 0. The molecule has 3 aromatic carbocycles. The summed E-state index contributed by atoms with van der Waals surface area (Å²) in [5.74, 6) is -0.169. The summed E-state index contributed by atoms with van der Waals surface area (Å²) in [7, 11) is 2.96. The summed E-state index contributed by atoms with van der Waals surface area (Å²) in [6.07, 6.45) is 0. The van der Waals surface area contributed by atoms with Gasteiger partial charge in [0, 0.05) is 24.7 Å². The molecule has 33 heavy (non-hydrogen) atoms. The Morgan fingerprint density at radius 2 is 1.48 bits per heavy atom. The maximum absolute atomic E-state index is 12.9. The van der Waals surface area contributed by atoms with E-state index in [0.29, 0.717) is 28.3 Å². The number of ether oxygens (including phenoxy) is 3. The molecule has 0 atom stereocenters. The topological polar surface area (TPSA) is 103 Å². The number of hydrogen-bond acceptors (Lipinski definition) is 6. The quantitative estimate of drug-likeness (QED) is 0.401. The molecule has 3 rings (SSSR count). The number of carbonyl (C=O) groups excluding carboxylic acids is 3. The lowest BCUT2D eigenvalue weighted by atomic mass is 10.1. The fourth-order valence-corrected chi connectivity index (χ4v) is 3.20. The van der Waals surface area contributed by atoms with Gasteiger partial charge in [0.2, 0.25) is 0 Å². The third-order valence-electron chi connectivity index (χ3n) is 4.72. The third kappa shape index (κ3) is 5.88. The molecule has 0 heterocycles. The van der Waals surface area contributed by atoms with E-state index in [1.165, 1.54) is 27.2 Å². The van der Waals surface area contributed by atoms with Crippen molar-refractivity contribution in [3.05, 3.63) is 83.4 Å². The van der Waals surface area contributed by atoms with Crippen LogP contribution in [0.25, 0.3) is 0 Å². The van der Waals surface area contributed by atoms with Crippen molar-refractivity contribution < 1.29 is 28.6 Å². The SMILES string of the molecule is COc1cccc(OC)c1C(=O)NCc1ccccc1NC(=O)c1cccc(OC(C)=O)c1. The van der Waals surface area contributed by atoms with Crippen LogP contribution in [0.5, 0.6) is 17.2 Å². The molecule has 170 valence electrons. The van der Waals surface area contributed by atoms with E-state index in [9.17, 15) is 14.4 Å². The molecule has 2 amide bonds. The minimum absolute atomic E-state index is 0.157. The van der Waals surface area contributed by atoms with Crippen molar-refractivity contribution >= 4 is 23.5 Å². The molecule has 0 saturated heterocycles. The molecule has 0 aliphatic rings. The Labute approximate surface area is 191 Å². The van der Waals surface area contributed by atoms with E-state index >= 15 is 0 Å². The lowest BCUT2D eigenvalue weighted by Gasteiger charge is -2.15. The van der Waals surface area contributed by atoms with Crippen molar-refractivity contribution in [2.75, 3.05) is 19.5 Å². The highest BCUT2D eigenvalue weighted by Crippen LogP contribution is 2.28. The van der Waals surface area contributed by atoms with Crippen LogP contribution in [0.15, 0.2) is 66.7 Å². The van der Waals surface area contributed by atoms with E-state index in [2.05, 4.69) is 10.6 Å². The van der Waals surface area contributed by atoms with E-state index in [0.717, 1.165) is 0 Å². The average molecular weight is 448 g/mol. The van der Waals surface area contributed by atoms with Crippen molar-refractivity contribution in [2.45, 2.75) is 13.5 Å². The summed E-state index contributed by atoms with van der Waals surface area (Å²) in [4.78, 5) is 36.8. The van der Waals surface area contributed by atoms with E-state index in [1.54, 1.807) is 54.6 Å². The molecule has 0 aliphatic carbocycles. The Morgan fingerprint density at radius 1 is 0.818 bits per heavy atom. The van der Waals surface area contributed by atoms with Gasteiger partial charge in [-0.2, -0.15) is 0 Å². The second kappa shape index (κ2) is 10.8. The van der Waals surface area contributed by atoms with E-state index in [1.807, 2.05) is 6.07 Å². The first-order valence-electron chi connectivity index (χ1n) is 10.1. The molecule has 0 saturated carbocycles. The number of hydrogen-bond donors (Lipinski definition) is 2. The molecule has 0 radical (unpaired) electrons. The van der Waals surface area contributed by atoms with Crippen molar-refractivity contribution in [3.63, 3.8) is 0 Å². The van der Waals surface area contributed by atoms with Crippen molar-refractivity contribution in [2.24, 2.45) is 0 Å². The van der Waals surface area contributed by atoms with Crippen LogP contribution in [0.1, 0.15) is 33.2 Å². The van der Waals surface area contributed by atoms with Crippen LogP contribution in [0.4, 0.5) is 5.69 Å². The normalized spacial score (nSPS) is 10.2. The van der Waals surface area contributed by atoms with Gasteiger partial charge >= 0.3 is 5.97 Å². The smallest absolute Gasteiger partial charge is 0.308 e. The lowest BCUT2D eigenvalue weighted by molar-refractivity contribution is -0.131. The number of esters is 1. The number of nitrogens with one attached hydrogen (secondary N) is 2. The molecule has 0 bridgehead atoms. The number of rotatable bonds is 8. The highest BCUT2D eigenvalue weighted by Gasteiger charge is 2.18. The monoisotopic (exact) mass is 448 g/mol. The second-order valence-electron chi connectivity index (χ2n) is 6.95. The lowest BCUT2D eigenvalue weighted by Crippen LogP contribution is -2.25. The van der Waals surface area contributed by atoms with Crippen LogP contribution in [0.3, 0.4) is 0 Å². The van der Waals surface area contributed by atoms with Crippen molar-refractivity contribution in [3.8, 4) is 17.2 Å². The molecule has 0 fully saturated rings. The van der Waals surface area contributed by atoms with Crippen LogP contribution >= 0.6 is 0 Å². The molecule has 3 aromatic rings. The molecule has 0 spiro atoms. The number of anilines is 1. The highest BCUT2D eigenvalue weighted by molar-refractivity contribution is 6.05. The zero-order valence-electron chi connectivity index (χ0n) is 18.5. The molecule has 0 aliphatic heterocycles. The summed E-state index contributed by atoms with van der Waals surface area (Å²) in [6, 6.07) is 18.5. The predicted octanol–water partition coefficient (Wildman–Crippen LogP) is 3.81. The van der Waals surface area contributed by atoms with Gasteiger partial charge in [-0.15, -0.1) is 0 Å². The Balaban J connectivity index is 1.75. The van der Waals surface area contributed by atoms with Gasteiger partial charge in [0.15, 0.2) is 0 Å². The zero-order valence-corrected chi connectivity index (χ0v) is 18.5. The highest BCUT2D eigenvalue weighted by atomic mass is 16.5. The van der Waals surface area contributed by atoms with Gasteiger partial charge in [-0.1, -0.05) is 30.3 Å².